The van der Waals surface area contributed by atoms with Crippen molar-refractivity contribution in [2.45, 2.75) is 50.0 Å². The van der Waals surface area contributed by atoms with Crippen LogP contribution >= 0.6 is 0 Å². The Morgan fingerprint density at radius 2 is 2.35 bits per heavy atom. The average molecular weight is 276 g/mol. The summed E-state index contributed by atoms with van der Waals surface area (Å²) in [6.07, 6.45) is 6.46. The number of ether oxygens (including phenoxy) is 1. The molecule has 2 heteroatoms. The number of rotatable bonds is 1. The lowest BCUT2D eigenvalue weighted by atomic mass is 9.52. The largest absolute Gasteiger partial charge is 0.497 e. The Balaban J connectivity index is 1.77. The second-order valence-corrected chi connectivity index (χ2v) is 6.69. The summed E-state index contributed by atoms with van der Waals surface area (Å²) in [6, 6.07) is 5.98. The Hall–Kier alpha value is -1.02. The van der Waals surface area contributed by atoms with Gasteiger partial charge < -0.3 is 9.64 Å². The molecule has 1 aromatic carbocycles. The van der Waals surface area contributed by atoms with E-state index in [-0.39, 0.29) is 11.5 Å². The molecule has 1 aliphatic heterocycles. The Kier molecular flexibility index (Phi) is 1.89. The van der Waals surface area contributed by atoms with Crippen molar-refractivity contribution in [2.75, 3.05) is 20.6 Å². The Morgan fingerprint density at radius 3 is 3.25 bits per heavy atom. The Labute approximate surface area is 129 Å². The molecule has 1 saturated heterocycles. The van der Waals surface area contributed by atoms with Crippen LogP contribution in [0.4, 0.5) is 0 Å². The van der Waals surface area contributed by atoms with Crippen LogP contribution < -0.4 is 4.74 Å². The van der Waals surface area contributed by atoms with Crippen molar-refractivity contribution >= 4 is 0 Å². The van der Waals surface area contributed by atoms with E-state index in [0.29, 0.717) is 11.7 Å². The number of hydrogen-bond acceptors (Lipinski definition) is 2. The number of fused-ring (bicyclic) bond motifs is 1. The first kappa shape index (κ1) is 8.43. The van der Waals surface area contributed by atoms with Gasteiger partial charge in [-0.2, -0.15) is 0 Å². The van der Waals surface area contributed by atoms with E-state index in [2.05, 4.69) is 0 Å². The highest BCUT2D eigenvalue weighted by molar-refractivity contribution is 5.45. The number of nitrogens with zero attached hydrogens (tertiary/aromatic N) is 1. The lowest BCUT2D eigenvalue weighted by molar-refractivity contribution is 0.00274. The van der Waals surface area contributed by atoms with Gasteiger partial charge in [0, 0.05) is 14.2 Å². The van der Waals surface area contributed by atoms with Crippen molar-refractivity contribution in [3.05, 3.63) is 29.3 Å². The summed E-state index contributed by atoms with van der Waals surface area (Å²) >= 11 is 0. The van der Waals surface area contributed by atoms with Gasteiger partial charge in [0.05, 0.1) is 11.2 Å². The summed E-state index contributed by atoms with van der Waals surface area (Å²) in [7, 11) is -2.43. The van der Waals surface area contributed by atoms with Crippen molar-refractivity contribution in [3.63, 3.8) is 0 Å². The molecule has 2 aliphatic carbocycles. The van der Waals surface area contributed by atoms with Crippen LogP contribution in [-0.4, -0.2) is 31.5 Å². The quantitative estimate of drug-likeness (QED) is 0.779. The maximum absolute atomic E-state index is 7.93. The number of likely N-dealkylation sites (tertiary alicyclic amines) is 1. The third kappa shape index (κ3) is 1.60. The molecule has 1 aromatic rings. The van der Waals surface area contributed by atoms with Gasteiger partial charge in [-0.1, -0.05) is 18.9 Å². The van der Waals surface area contributed by atoms with E-state index in [9.17, 15) is 0 Å². The van der Waals surface area contributed by atoms with Crippen LogP contribution in [0.1, 0.15) is 50.1 Å². The fourth-order valence-electron chi connectivity index (χ4n) is 5.08. The first-order chi connectivity index (χ1) is 11.8. The monoisotopic (exact) mass is 276 g/mol. The van der Waals surface area contributed by atoms with E-state index in [1.807, 2.05) is 17.0 Å². The standard InChI is InChI=1S/C18H25NO/c1-19-10-9-18-8-4-3-5-15(18)17(19)11-13-6-7-14(20-2)12-16(13)18/h6-7,12,15,17H,3-5,8-11H2,1-2H3/t15?,17-,18-/m1/s1/i1D2,2D3. The minimum absolute atomic E-state index is 0.0655. The van der Waals surface area contributed by atoms with E-state index < -0.39 is 14.0 Å². The summed E-state index contributed by atoms with van der Waals surface area (Å²) in [5.41, 5.74) is 2.57. The summed E-state index contributed by atoms with van der Waals surface area (Å²) in [5, 5.41) is 0. The Bertz CT molecular complexity index is 661. The molecule has 1 heterocycles. The molecular formula is C18H25NO. The zero-order chi connectivity index (χ0) is 17.8. The minimum Gasteiger partial charge on any atom is -0.497 e. The molecule has 0 aromatic heterocycles. The number of piperidine rings is 1. The van der Waals surface area contributed by atoms with E-state index >= 15 is 0 Å². The summed E-state index contributed by atoms with van der Waals surface area (Å²) in [6.45, 7) is -0.132. The van der Waals surface area contributed by atoms with E-state index in [1.54, 1.807) is 6.07 Å². The minimum atomic E-state index is -2.43. The molecule has 20 heavy (non-hydrogen) atoms. The third-order valence-electron chi connectivity index (χ3n) is 5.97. The molecule has 1 saturated carbocycles. The van der Waals surface area contributed by atoms with Crippen LogP contribution in [0.15, 0.2) is 18.2 Å². The van der Waals surface area contributed by atoms with Gasteiger partial charge in [0.25, 0.3) is 0 Å². The third-order valence-corrected chi connectivity index (χ3v) is 5.97. The highest BCUT2D eigenvalue weighted by Crippen LogP contribution is 2.55. The molecule has 4 rings (SSSR count). The van der Waals surface area contributed by atoms with Crippen molar-refractivity contribution in [1.82, 2.24) is 4.90 Å². The molecular weight excluding hydrogens is 246 g/mol. The predicted octanol–water partition coefficient (Wildman–Crippen LogP) is 3.38. The predicted molar refractivity (Wildman–Crippen MR) is 81.4 cm³/mol. The average Bonchev–Trinajstić information content (AvgIpc) is 2.54. The van der Waals surface area contributed by atoms with Gasteiger partial charge in [0.1, 0.15) is 5.75 Å². The van der Waals surface area contributed by atoms with Crippen LogP contribution in [0.2, 0.25) is 0 Å². The molecule has 2 fully saturated rings. The Morgan fingerprint density at radius 1 is 1.35 bits per heavy atom. The van der Waals surface area contributed by atoms with Crippen molar-refractivity contribution < 1.29 is 11.6 Å². The molecule has 1 unspecified atom stereocenters. The molecule has 0 amide bonds. The zero-order valence-electron chi connectivity index (χ0n) is 16.8. The van der Waals surface area contributed by atoms with E-state index in [1.165, 1.54) is 24.0 Å². The number of hydrogen-bond donors (Lipinski definition) is 0. The lowest BCUT2D eigenvalue weighted by Gasteiger charge is -2.58. The molecule has 108 valence electrons. The molecule has 3 atom stereocenters. The first-order valence-corrected chi connectivity index (χ1v) is 7.73. The maximum Gasteiger partial charge on any atom is 0.119 e. The lowest BCUT2D eigenvalue weighted by Crippen LogP contribution is -2.59. The van der Waals surface area contributed by atoms with Gasteiger partial charge in [0.2, 0.25) is 0 Å². The second kappa shape index (κ2) is 4.49. The van der Waals surface area contributed by atoms with Crippen molar-refractivity contribution in [1.29, 1.82) is 0 Å². The van der Waals surface area contributed by atoms with Crippen LogP contribution in [0, 0.1) is 5.92 Å². The summed E-state index contributed by atoms with van der Waals surface area (Å²) < 4.78 is 43.1. The topological polar surface area (TPSA) is 12.5 Å². The summed E-state index contributed by atoms with van der Waals surface area (Å²) in [5.74, 6) is 0.890. The van der Waals surface area contributed by atoms with Crippen LogP contribution in [0.5, 0.6) is 5.75 Å². The molecule has 0 N–H and O–H groups in total. The van der Waals surface area contributed by atoms with E-state index in [0.717, 1.165) is 32.2 Å². The highest BCUT2D eigenvalue weighted by atomic mass is 16.5. The molecule has 0 radical (unpaired) electrons. The first-order valence-electron chi connectivity index (χ1n) is 10.4. The normalized spacial score (nSPS) is 40.5. The SMILES string of the molecule is [2H]C([2H])N1CC[C@]23CCCCC2[C@H]1Cc1ccc(OC([2H])([2H])[2H])cc13. The molecule has 0 spiro atoms. The van der Waals surface area contributed by atoms with Crippen LogP contribution in [0.25, 0.3) is 0 Å². The molecule has 2 bridgehead atoms. The fourth-order valence-corrected chi connectivity index (χ4v) is 5.08. The summed E-state index contributed by atoms with van der Waals surface area (Å²) in [4.78, 5) is 2.05. The second-order valence-electron chi connectivity index (χ2n) is 6.69. The van der Waals surface area contributed by atoms with Crippen LogP contribution in [-0.2, 0) is 11.8 Å². The van der Waals surface area contributed by atoms with Crippen LogP contribution in [0.3, 0.4) is 0 Å². The number of likely N-dealkylation sites (N-methyl/N-ethyl adjacent to an activating group) is 1. The van der Waals surface area contributed by atoms with Crippen molar-refractivity contribution in [2.24, 2.45) is 5.92 Å². The van der Waals surface area contributed by atoms with Gasteiger partial charge in [-0.25, -0.2) is 0 Å². The highest BCUT2D eigenvalue weighted by Gasteiger charge is 2.53. The smallest absolute Gasteiger partial charge is 0.119 e. The van der Waals surface area contributed by atoms with Gasteiger partial charge in [-0.3, -0.25) is 0 Å². The van der Waals surface area contributed by atoms with Gasteiger partial charge in [-0.15, -0.1) is 0 Å². The zero-order valence-corrected chi connectivity index (χ0v) is 11.8. The van der Waals surface area contributed by atoms with E-state index in [4.69, 9.17) is 11.6 Å². The van der Waals surface area contributed by atoms with Gasteiger partial charge in [0.15, 0.2) is 0 Å². The molecule has 2 nitrogen and oxygen atoms in total. The number of methoxy groups -OCH3 is 1. The van der Waals surface area contributed by atoms with Crippen molar-refractivity contribution in [3.8, 4) is 5.75 Å². The van der Waals surface area contributed by atoms with Gasteiger partial charge in [-0.05, 0) is 68.4 Å². The number of benzene rings is 1. The van der Waals surface area contributed by atoms with Gasteiger partial charge >= 0.3 is 0 Å². The fraction of sp³-hybridized carbons (Fsp3) is 0.667. The maximum atomic E-state index is 7.93. The molecule has 3 aliphatic rings.